The first-order chi connectivity index (χ1) is 16.6. The van der Waals surface area contributed by atoms with E-state index >= 15 is 0 Å². The number of benzene rings is 3. The maximum absolute atomic E-state index is 13.4. The average molecular weight is 501 g/mol. The van der Waals surface area contributed by atoms with Crippen molar-refractivity contribution < 1.29 is 31.9 Å². The van der Waals surface area contributed by atoms with Gasteiger partial charge in [0.1, 0.15) is 11.6 Å². The number of carbonyl (C=O) groups is 2. The smallest absolute Gasteiger partial charge is 0.339 e. The lowest BCUT2D eigenvalue weighted by molar-refractivity contribution is 0.0602. The Bertz CT molecular complexity index is 1330. The second-order valence-electron chi connectivity index (χ2n) is 7.49. The van der Waals surface area contributed by atoms with Crippen molar-refractivity contribution in [2.75, 3.05) is 29.6 Å². The summed E-state index contributed by atoms with van der Waals surface area (Å²) in [6, 6.07) is 16.1. The number of nitrogens with zero attached hydrogens (tertiary/aromatic N) is 1. The molecule has 0 fully saturated rings. The van der Waals surface area contributed by atoms with Gasteiger partial charge in [0.05, 0.1) is 43.5 Å². The van der Waals surface area contributed by atoms with Crippen molar-refractivity contribution in [2.24, 2.45) is 0 Å². The summed E-state index contributed by atoms with van der Waals surface area (Å²) in [5.74, 6) is -1.22. The Morgan fingerprint density at radius 1 is 1.03 bits per heavy atom. The molecule has 3 rings (SSSR count). The number of halogens is 1. The normalized spacial score (nSPS) is 11.0. The van der Waals surface area contributed by atoms with Crippen LogP contribution in [-0.2, 0) is 21.3 Å². The van der Waals surface area contributed by atoms with Crippen LogP contribution in [0.15, 0.2) is 66.7 Å². The van der Waals surface area contributed by atoms with Crippen molar-refractivity contribution in [2.45, 2.75) is 13.5 Å². The van der Waals surface area contributed by atoms with Crippen LogP contribution in [0.25, 0.3) is 0 Å². The molecule has 35 heavy (non-hydrogen) atoms. The van der Waals surface area contributed by atoms with E-state index in [0.717, 1.165) is 10.6 Å². The Balaban J connectivity index is 1.97. The van der Waals surface area contributed by atoms with Crippen LogP contribution in [-0.4, -0.2) is 40.3 Å². The van der Waals surface area contributed by atoms with Crippen LogP contribution < -0.4 is 14.4 Å². The molecule has 10 heteroatoms. The summed E-state index contributed by atoms with van der Waals surface area (Å²) < 4.78 is 50.0. The zero-order valence-corrected chi connectivity index (χ0v) is 20.3. The molecule has 0 unspecified atom stereocenters. The first kappa shape index (κ1) is 25.7. The fraction of sp³-hybridized carbons (Fsp3) is 0.200. The number of anilines is 2. The summed E-state index contributed by atoms with van der Waals surface area (Å²) in [6.07, 6.45) is 1.04. The van der Waals surface area contributed by atoms with Crippen molar-refractivity contribution in [3.05, 3.63) is 89.2 Å². The van der Waals surface area contributed by atoms with E-state index in [1.165, 1.54) is 49.6 Å². The van der Waals surface area contributed by atoms with Crippen LogP contribution >= 0.6 is 0 Å². The van der Waals surface area contributed by atoms with Crippen molar-refractivity contribution in [3.63, 3.8) is 0 Å². The molecule has 3 aromatic carbocycles. The third-order valence-electron chi connectivity index (χ3n) is 5.03. The van der Waals surface area contributed by atoms with E-state index in [2.05, 4.69) is 5.32 Å². The fourth-order valence-corrected chi connectivity index (χ4v) is 4.26. The Morgan fingerprint density at radius 2 is 1.71 bits per heavy atom. The Hall–Kier alpha value is -3.92. The number of methoxy groups -OCH3 is 1. The first-order valence-corrected chi connectivity index (χ1v) is 12.5. The summed E-state index contributed by atoms with van der Waals surface area (Å²) >= 11 is 0. The van der Waals surface area contributed by atoms with Gasteiger partial charge in [-0.15, -0.1) is 0 Å². The molecule has 0 radical (unpaired) electrons. The molecule has 0 aromatic heterocycles. The largest absolute Gasteiger partial charge is 0.494 e. The maximum atomic E-state index is 13.4. The zero-order valence-electron chi connectivity index (χ0n) is 19.4. The second-order valence-corrected chi connectivity index (χ2v) is 9.40. The summed E-state index contributed by atoms with van der Waals surface area (Å²) in [6.45, 7) is 1.95. The summed E-state index contributed by atoms with van der Waals surface area (Å²) in [5.41, 5.74) is 1.36. The van der Waals surface area contributed by atoms with Crippen LogP contribution in [0.4, 0.5) is 15.8 Å². The fourth-order valence-electron chi connectivity index (χ4n) is 3.38. The monoisotopic (exact) mass is 500 g/mol. The van der Waals surface area contributed by atoms with Gasteiger partial charge in [-0.3, -0.25) is 9.10 Å². The lowest BCUT2D eigenvalue weighted by Gasteiger charge is -2.24. The van der Waals surface area contributed by atoms with Crippen molar-refractivity contribution in [1.29, 1.82) is 0 Å². The van der Waals surface area contributed by atoms with Gasteiger partial charge in [0.15, 0.2) is 0 Å². The van der Waals surface area contributed by atoms with E-state index in [1.54, 1.807) is 31.2 Å². The molecule has 8 nitrogen and oxygen atoms in total. The molecule has 1 N–H and O–H groups in total. The van der Waals surface area contributed by atoms with Gasteiger partial charge in [-0.05, 0) is 61.5 Å². The maximum Gasteiger partial charge on any atom is 0.339 e. The Kier molecular flexibility index (Phi) is 8.08. The number of esters is 1. The van der Waals surface area contributed by atoms with Gasteiger partial charge in [0, 0.05) is 11.1 Å². The number of nitrogens with one attached hydrogen (secondary N) is 1. The van der Waals surface area contributed by atoms with Crippen LogP contribution in [0.1, 0.15) is 33.2 Å². The van der Waals surface area contributed by atoms with Gasteiger partial charge in [-0.25, -0.2) is 17.6 Å². The molecule has 0 spiro atoms. The van der Waals surface area contributed by atoms with E-state index in [9.17, 15) is 22.4 Å². The lowest BCUT2D eigenvalue weighted by atomic mass is 10.1. The number of hydrogen-bond donors (Lipinski definition) is 1. The predicted molar refractivity (Wildman–Crippen MR) is 131 cm³/mol. The molecule has 0 bridgehead atoms. The number of carbonyl (C=O) groups excluding carboxylic acids is 2. The Labute approximate surface area is 203 Å². The first-order valence-electron chi connectivity index (χ1n) is 10.6. The summed E-state index contributed by atoms with van der Waals surface area (Å²) in [4.78, 5) is 25.0. The third kappa shape index (κ3) is 6.36. The molecular weight excluding hydrogens is 475 g/mol. The van der Waals surface area contributed by atoms with E-state index in [0.29, 0.717) is 17.9 Å². The SMILES string of the molecule is CCOc1ccc(C(=O)Nc2ccccc2C(=O)OC)cc1CN(c1ccc(F)cc1)S(C)(=O)=O. The molecule has 0 saturated carbocycles. The summed E-state index contributed by atoms with van der Waals surface area (Å²) in [5, 5.41) is 2.69. The van der Waals surface area contributed by atoms with Crippen LogP contribution in [0, 0.1) is 5.82 Å². The van der Waals surface area contributed by atoms with Crippen molar-refractivity contribution in [1.82, 2.24) is 0 Å². The number of amides is 1. The highest BCUT2D eigenvalue weighted by molar-refractivity contribution is 7.92. The number of para-hydroxylation sites is 1. The minimum absolute atomic E-state index is 0.153. The van der Waals surface area contributed by atoms with Crippen LogP contribution in [0.3, 0.4) is 0 Å². The number of sulfonamides is 1. The minimum atomic E-state index is -3.76. The number of hydrogen-bond acceptors (Lipinski definition) is 6. The van der Waals surface area contributed by atoms with Gasteiger partial charge in [0.25, 0.3) is 5.91 Å². The molecule has 1 amide bonds. The molecule has 184 valence electrons. The molecular formula is C25H25FN2O6S. The zero-order chi connectivity index (χ0) is 25.6. The van der Waals surface area contributed by atoms with Gasteiger partial charge < -0.3 is 14.8 Å². The highest BCUT2D eigenvalue weighted by Gasteiger charge is 2.22. The molecule has 3 aromatic rings. The Morgan fingerprint density at radius 3 is 2.34 bits per heavy atom. The molecule has 0 aliphatic carbocycles. The highest BCUT2D eigenvalue weighted by atomic mass is 32.2. The van der Waals surface area contributed by atoms with Crippen LogP contribution in [0.5, 0.6) is 5.75 Å². The molecule has 0 saturated heterocycles. The van der Waals surface area contributed by atoms with Gasteiger partial charge >= 0.3 is 5.97 Å². The molecule has 0 heterocycles. The second kappa shape index (κ2) is 11.0. The van der Waals surface area contributed by atoms with E-state index in [4.69, 9.17) is 9.47 Å². The molecule has 0 atom stereocenters. The minimum Gasteiger partial charge on any atom is -0.494 e. The topological polar surface area (TPSA) is 102 Å². The van der Waals surface area contributed by atoms with Gasteiger partial charge in [-0.1, -0.05) is 12.1 Å². The van der Waals surface area contributed by atoms with Crippen LogP contribution in [0.2, 0.25) is 0 Å². The molecule has 0 aliphatic heterocycles. The van der Waals surface area contributed by atoms with Gasteiger partial charge in [0.2, 0.25) is 10.0 Å². The lowest BCUT2D eigenvalue weighted by Crippen LogP contribution is -2.29. The number of ether oxygens (including phenoxy) is 2. The van der Waals surface area contributed by atoms with Crippen molar-refractivity contribution in [3.8, 4) is 5.75 Å². The molecule has 0 aliphatic rings. The third-order valence-corrected chi connectivity index (χ3v) is 6.17. The quantitative estimate of drug-likeness (QED) is 0.441. The van der Waals surface area contributed by atoms with E-state index in [-0.39, 0.29) is 29.0 Å². The van der Waals surface area contributed by atoms with Gasteiger partial charge in [-0.2, -0.15) is 0 Å². The number of rotatable bonds is 9. The summed E-state index contributed by atoms with van der Waals surface area (Å²) in [7, 11) is -2.51. The average Bonchev–Trinajstić information content (AvgIpc) is 2.83. The predicted octanol–water partition coefficient (Wildman–Crippen LogP) is 4.23. The standard InChI is InChI=1S/C25H25FN2O6S/c1-4-34-23-14-9-17(24(29)27-22-8-6-5-7-21(22)25(30)33-2)15-18(23)16-28(35(3,31)32)20-12-10-19(26)11-13-20/h5-15H,4,16H2,1-3H3,(H,27,29). The van der Waals surface area contributed by atoms with E-state index in [1.807, 2.05) is 0 Å². The van der Waals surface area contributed by atoms with E-state index < -0.39 is 27.7 Å². The van der Waals surface area contributed by atoms with Crippen molar-refractivity contribution >= 4 is 33.3 Å². The highest BCUT2D eigenvalue weighted by Crippen LogP contribution is 2.27.